The minimum Gasteiger partial charge on any atom is -0.368 e. The zero-order valence-corrected chi connectivity index (χ0v) is 26.4. The second-order valence-electron chi connectivity index (χ2n) is 14.9. The zero-order valence-electron chi connectivity index (χ0n) is 26.4. The lowest BCUT2D eigenvalue weighted by molar-refractivity contribution is -0.208. The number of hydrogen-bond acceptors (Lipinski definition) is 7. The van der Waals surface area contributed by atoms with Crippen molar-refractivity contribution < 1.29 is 23.5 Å². The number of ether oxygens (including phenoxy) is 1. The molecule has 7 rings (SSSR count). The smallest absolute Gasteiger partial charge is 0.256 e. The Morgan fingerprint density at radius 2 is 1.77 bits per heavy atom. The topological polar surface area (TPSA) is 94.2 Å². The lowest BCUT2D eigenvalue weighted by atomic mass is 9.65. The van der Waals surface area contributed by atoms with Crippen LogP contribution in [0.15, 0.2) is 11.8 Å². The van der Waals surface area contributed by atoms with Gasteiger partial charge in [-0.2, -0.15) is 0 Å². The minimum absolute atomic E-state index is 0.00212. The van der Waals surface area contributed by atoms with Gasteiger partial charge in [-0.3, -0.25) is 14.4 Å². The molecule has 2 N–H and O–H groups in total. The molecular weight excluding hydrogens is 561 g/mol. The number of likely N-dealkylation sites (tertiary alicyclic amines) is 2. The van der Waals surface area contributed by atoms with Gasteiger partial charge in [-0.05, 0) is 89.9 Å². The number of alkyl halides is 1. The quantitative estimate of drug-likeness (QED) is 0.407. The zero-order chi connectivity index (χ0) is 30.4. The number of carbonyl (C=O) groups is 3. The van der Waals surface area contributed by atoms with E-state index >= 15 is 4.39 Å². The third kappa shape index (κ3) is 5.95. The van der Waals surface area contributed by atoms with Gasteiger partial charge in [0, 0.05) is 37.7 Å². The normalized spacial score (nSPS) is 40.5. The van der Waals surface area contributed by atoms with Crippen LogP contribution < -0.4 is 10.6 Å². The third-order valence-electron chi connectivity index (χ3n) is 12.3. The minimum atomic E-state index is -1.41. The molecule has 4 aliphatic heterocycles. The molecule has 3 aliphatic carbocycles. The largest absolute Gasteiger partial charge is 0.368 e. The summed E-state index contributed by atoms with van der Waals surface area (Å²) in [4.78, 5) is 47.5. The van der Waals surface area contributed by atoms with Crippen LogP contribution in [0.2, 0.25) is 0 Å². The number of carbonyl (C=O) groups excluding carboxylic acids is 3. The van der Waals surface area contributed by atoms with E-state index < -0.39 is 24.2 Å². The molecule has 3 saturated carbocycles. The molecule has 0 aromatic carbocycles. The maximum atomic E-state index is 16.1. The van der Waals surface area contributed by atoms with Crippen LogP contribution in [0.5, 0.6) is 0 Å². The summed E-state index contributed by atoms with van der Waals surface area (Å²) in [6, 6.07) is -0.655. The van der Waals surface area contributed by atoms with Crippen molar-refractivity contribution in [2.75, 3.05) is 39.8 Å². The highest BCUT2D eigenvalue weighted by molar-refractivity contribution is 6.20. The van der Waals surface area contributed by atoms with Crippen LogP contribution in [-0.2, 0) is 19.1 Å². The monoisotopic (exact) mass is 613 g/mol. The molecule has 2 amide bonds. The maximum absolute atomic E-state index is 16.1. The Labute approximate surface area is 261 Å². The molecule has 0 aromatic rings. The Balaban J connectivity index is 1.11. The van der Waals surface area contributed by atoms with Crippen LogP contribution in [0.1, 0.15) is 83.5 Å². The lowest BCUT2D eigenvalue weighted by Gasteiger charge is -2.60. The molecule has 0 spiro atoms. The van der Waals surface area contributed by atoms with Gasteiger partial charge in [0.05, 0.1) is 29.8 Å². The van der Waals surface area contributed by atoms with Crippen molar-refractivity contribution in [3.63, 3.8) is 0 Å². The highest BCUT2D eigenvalue weighted by Gasteiger charge is 2.60. The lowest BCUT2D eigenvalue weighted by Crippen LogP contribution is -2.73. The van der Waals surface area contributed by atoms with Crippen LogP contribution in [0.4, 0.5) is 4.39 Å². The Kier molecular flexibility index (Phi) is 9.03. The van der Waals surface area contributed by atoms with Gasteiger partial charge in [-0.15, -0.1) is 0 Å². The first kappa shape index (κ1) is 30.6. The van der Waals surface area contributed by atoms with Gasteiger partial charge in [0.1, 0.15) is 12.3 Å². The summed E-state index contributed by atoms with van der Waals surface area (Å²) in [6.45, 7) is 4.31. The summed E-state index contributed by atoms with van der Waals surface area (Å²) in [5.74, 6) is -0.211. The summed E-state index contributed by atoms with van der Waals surface area (Å²) in [5.41, 5.74) is 0.163. The van der Waals surface area contributed by atoms with E-state index in [0.717, 1.165) is 58.2 Å². The first-order chi connectivity index (χ1) is 21.4. The average Bonchev–Trinajstić information content (AvgIpc) is 3.70. The molecular formula is C34H52FN5O4. The number of halogens is 1. The first-order valence-corrected chi connectivity index (χ1v) is 17.7. The molecule has 9 nitrogen and oxygen atoms in total. The molecule has 0 radical (unpaired) electrons. The van der Waals surface area contributed by atoms with Crippen LogP contribution in [0.25, 0.3) is 0 Å². The van der Waals surface area contributed by atoms with E-state index in [1.807, 2.05) is 6.20 Å². The van der Waals surface area contributed by atoms with Crippen molar-refractivity contribution in [3.8, 4) is 0 Å². The standard InChI is InChI=1S/C34H52FN5O4/c1-38-13-6-9-23(38)10-12-36-34(43)25-20-40-27-17-21-7-2-3-8-22(21)18-28(27)44-33-30(26(35)19-24(31(33)40)32(25)42)37-29(41)11-16-39-14-4-5-15-39/h20-24,26-28,30-31,33H,2-19H2,1H3,(H,36,43)(H,37,41). The Bertz CT molecular complexity index is 1130. The molecule has 10 atom stereocenters. The van der Waals surface area contributed by atoms with E-state index in [1.54, 1.807) is 0 Å². The van der Waals surface area contributed by atoms with Gasteiger partial charge < -0.3 is 30.1 Å². The van der Waals surface area contributed by atoms with Crippen molar-refractivity contribution in [2.24, 2.45) is 17.8 Å². The first-order valence-electron chi connectivity index (χ1n) is 17.7. The third-order valence-corrected chi connectivity index (χ3v) is 12.3. The van der Waals surface area contributed by atoms with Crippen molar-refractivity contribution in [3.05, 3.63) is 11.8 Å². The number of nitrogens with one attached hydrogen (secondary N) is 2. The van der Waals surface area contributed by atoms with Crippen molar-refractivity contribution in [1.29, 1.82) is 0 Å². The number of hydrogen-bond donors (Lipinski definition) is 2. The van der Waals surface area contributed by atoms with E-state index in [1.165, 1.54) is 32.1 Å². The fraction of sp³-hybridized carbons (Fsp3) is 0.853. The van der Waals surface area contributed by atoms with Gasteiger partial charge in [0.2, 0.25) is 5.91 Å². The molecule has 0 aromatic heterocycles. The summed E-state index contributed by atoms with van der Waals surface area (Å²) in [6.07, 6.45) is 12.3. The molecule has 7 aliphatic rings. The SMILES string of the molecule is CN1CCCC1CCNC(=O)C1=CN2C3CC4CCCCC4CC3OC3C(NC(=O)CCN4CCCC4)C(F)CC(C1=O)C32. The van der Waals surface area contributed by atoms with Crippen molar-refractivity contribution >= 4 is 17.6 Å². The molecule has 6 fully saturated rings. The van der Waals surface area contributed by atoms with Crippen LogP contribution in [0, 0.1) is 17.8 Å². The number of Topliss-reactive ketones (excluding diaryl/α,β-unsaturated/α-hetero) is 1. The second-order valence-corrected chi connectivity index (χ2v) is 14.9. The van der Waals surface area contributed by atoms with Gasteiger partial charge >= 0.3 is 0 Å². The summed E-state index contributed by atoms with van der Waals surface area (Å²) in [5, 5.41) is 6.07. The molecule has 3 saturated heterocycles. The fourth-order valence-corrected chi connectivity index (χ4v) is 9.94. The number of morpholine rings is 1. The maximum Gasteiger partial charge on any atom is 0.256 e. The number of ketones is 1. The molecule has 44 heavy (non-hydrogen) atoms. The molecule has 10 heteroatoms. The average molecular weight is 614 g/mol. The van der Waals surface area contributed by atoms with E-state index in [0.29, 0.717) is 37.4 Å². The molecule has 244 valence electrons. The number of nitrogens with zero attached hydrogens (tertiary/aromatic N) is 3. The van der Waals surface area contributed by atoms with Gasteiger partial charge in [-0.1, -0.05) is 25.7 Å². The number of rotatable bonds is 8. The van der Waals surface area contributed by atoms with Crippen LogP contribution >= 0.6 is 0 Å². The van der Waals surface area contributed by atoms with Crippen LogP contribution in [-0.4, -0.2) is 115 Å². The summed E-state index contributed by atoms with van der Waals surface area (Å²) >= 11 is 0. The molecule has 0 bridgehead atoms. The predicted molar refractivity (Wildman–Crippen MR) is 164 cm³/mol. The van der Waals surface area contributed by atoms with E-state index in [-0.39, 0.29) is 47.8 Å². The van der Waals surface area contributed by atoms with Gasteiger partial charge in [0.25, 0.3) is 5.91 Å². The molecule has 4 heterocycles. The van der Waals surface area contributed by atoms with Crippen molar-refractivity contribution in [2.45, 2.75) is 126 Å². The number of amides is 2. The Hall–Kier alpha value is -2.04. The van der Waals surface area contributed by atoms with Gasteiger partial charge in [0.15, 0.2) is 5.78 Å². The second kappa shape index (κ2) is 13.0. The predicted octanol–water partition coefficient (Wildman–Crippen LogP) is 2.79. The molecule has 10 unspecified atom stereocenters. The van der Waals surface area contributed by atoms with E-state index in [9.17, 15) is 14.4 Å². The van der Waals surface area contributed by atoms with Crippen molar-refractivity contribution in [1.82, 2.24) is 25.3 Å². The van der Waals surface area contributed by atoms with Gasteiger partial charge in [-0.25, -0.2) is 4.39 Å². The Morgan fingerprint density at radius 3 is 2.52 bits per heavy atom. The number of fused-ring (bicyclic) bond motifs is 3. The highest BCUT2D eigenvalue weighted by Crippen LogP contribution is 2.50. The van der Waals surface area contributed by atoms with E-state index in [4.69, 9.17) is 4.74 Å². The van der Waals surface area contributed by atoms with Crippen LogP contribution in [0.3, 0.4) is 0 Å². The highest BCUT2D eigenvalue weighted by atomic mass is 19.1. The Morgan fingerprint density at radius 1 is 1.00 bits per heavy atom. The summed E-state index contributed by atoms with van der Waals surface area (Å²) < 4.78 is 22.9. The fourth-order valence-electron chi connectivity index (χ4n) is 9.94. The van der Waals surface area contributed by atoms with E-state index in [2.05, 4.69) is 32.4 Å². The summed E-state index contributed by atoms with van der Waals surface area (Å²) in [7, 11) is 2.12.